The Bertz CT molecular complexity index is 712. The molecule has 0 bridgehead atoms. The van der Waals surface area contributed by atoms with Crippen LogP contribution in [0, 0.1) is 6.92 Å². The summed E-state index contributed by atoms with van der Waals surface area (Å²) in [5.74, 6) is 0.894. The first-order valence-electron chi connectivity index (χ1n) is 8.87. The van der Waals surface area contributed by atoms with Gasteiger partial charge in [-0.15, -0.1) is 0 Å². The minimum absolute atomic E-state index is 0.301. The van der Waals surface area contributed by atoms with Gasteiger partial charge in [-0.1, -0.05) is 35.9 Å². The fraction of sp³-hybridized carbons (Fsp3) is 0.429. The van der Waals surface area contributed by atoms with E-state index in [9.17, 15) is 0 Å². The van der Waals surface area contributed by atoms with Gasteiger partial charge in [-0.2, -0.15) is 0 Å². The summed E-state index contributed by atoms with van der Waals surface area (Å²) in [5, 5.41) is 0. The standard InChI is InChI=1S/C21H29N3O/c1-15-5-6-17-13-24(20(12-22)19(17)11-15)14-21(23(2)3)16-7-9-18(25-4)10-8-16/h5-11,20-21H,12-14,22H2,1-4H3. The van der Waals surface area contributed by atoms with Crippen molar-refractivity contribution in [2.24, 2.45) is 5.73 Å². The highest BCUT2D eigenvalue weighted by atomic mass is 16.5. The lowest BCUT2D eigenvalue weighted by atomic mass is 10.0. The maximum Gasteiger partial charge on any atom is 0.118 e. The molecule has 0 saturated heterocycles. The van der Waals surface area contributed by atoms with E-state index in [4.69, 9.17) is 10.5 Å². The quantitative estimate of drug-likeness (QED) is 0.878. The van der Waals surface area contributed by atoms with Crippen LogP contribution in [0.1, 0.15) is 34.3 Å². The van der Waals surface area contributed by atoms with Crippen LogP contribution in [-0.4, -0.2) is 44.1 Å². The molecule has 4 heteroatoms. The molecule has 2 aromatic carbocycles. The predicted molar refractivity (Wildman–Crippen MR) is 103 cm³/mol. The van der Waals surface area contributed by atoms with Gasteiger partial charge in [0.1, 0.15) is 5.75 Å². The number of hydrogen-bond acceptors (Lipinski definition) is 4. The minimum Gasteiger partial charge on any atom is -0.497 e. The average Bonchev–Trinajstić information content (AvgIpc) is 2.96. The molecule has 0 saturated carbocycles. The van der Waals surface area contributed by atoms with Gasteiger partial charge in [0.2, 0.25) is 0 Å². The molecule has 134 valence electrons. The molecule has 2 unspecified atom stereocenters. The van der Waals surface area contributed by atoms with Crippen molar-refractivity contribution in [3.63, 3.8) is 0 Å². The number of fused-ring (bicyclic) bond motifs is 1. The van der Waals surface area contributed by atoms with Crippen molar-refractivity contribution in [1.82, 2.24) is 9.80 Å². The first kappa shape index (κ1) is 17.9. The van der Waals surface area contributed by atoms with E-state index in [0.29, 0.717) is 18.6 Å². The van der Waals surface area contributed by atoms with Gasteiger partial charge in [0.05, 0.1) is 7.11 Å². The van der Waals surface area contributed by atoms with Gasteiger partial charge in [0, 0.05) is 31.7 Å². The molecule has 2 atom stereocenters. The maximum atomic E-state index is 6.15. The van der Waals surface area contributed by atoms with E-state index < -0.39 is 0 Å². The van der Waals surface area contributed by atoms with Crippen molar-refractivity contribution in [2.75, 3.05) is 34.3 Å². The summed E-state index contributed by atoms with van der Waals surface area (Å²) in [4.78, 5) is 4.79. The zero-order chi connectivity index (χ0) is 18.0. The lowest BCUT2D eigenvalue weighted by molar-refractivity contribution is 0.151. The number of methoxy groups -OCH3 is 1. The minimum atomic E-state index is 0.301. The van der Waals surface area contributed by atoms with E-state index in [0.717, 1.165) is 18.8 Å². The fourth-order valence-corrected chi connectivity index (χ4v) is 3.78. The molecule has 4 nitrogen and oxygen atoms in total. The molecular formula is C21H29N3O. The molecule has 1 aliphatic heterocycles. The highest BCUT2D eigenvalue weighted by Crippen LogP contribution is 2.35. The zero-order valence-corrected chi connectivity index (χ0v) is 15.7. The molecule has 3 rings (SSSR count). The topological polar surface area (TPSA) is 41.7 Å². The lowest BCUT2D eigenvalue weighted by Gasteiger charge is -2.32. The van der Waals surface area contributed by atoms with Crippen molar-refractivity contribution in [3.05, 3.63) is 64.7 Å². The third-order valence-electron chi connectivity index (χ3n) is 5.23. The van der Waals surface area contributed by atoms with E-state index in [1.165, 1.54) is 22.3 Å². The summed E-state index contributed by atoms with van der Waals surface area (Å²) >= 11 is 0. The Morgan fingerprint density at radius 3 is 2.52 bits per heavy atom. The van der Waals surface area contributed by atoms with E-state index >= 15 is 0 Å². The van der Waals surface area contributed by atoms with Gasteiger partial charge in [-0.25, -0.2) is 0 Å². The summed E-state index contributed by atoms with van der Waals surface area (Å²) in [6.45, 7) is 4.72. The summed E-state index contributed by atoms with van der Waals surface area (Å²) < 4.78 is 5.29. The van der Waals surface area contributed by atoms with Crippen LogP contribution in [0.2, 0.25) is 0 Å². The molecule has 2 N–H and O–H groups in total. The number of benzene rings is 2. The Hall–Kier alpha value is -1.88. The van der Waals surface area contributed by atoms with E-state index in [2.05, 4.69) is 61.2 Å². The monoisotopic (exact) mass is 339 g/mol. The third kappa shape index (κ3) is 3.71. The Kier molecular flexibility index (Phi) is 5.42. The van der Waals surface area contributed by atoms with Crippen LogP contribution < -0.4 is 10.5 Å². The molecule has 1 heterocycles. The Morgan fingerprint density at radius 2 is 1.92 bits per heavy atom. The molecule has 0 radical (unpaired) electrons. The number of hydrogen-bond donors (Lipinski definition) is 1. The van der Waals surface area contributed by atoms with Crippen LogP contribution in [0.5, 0.6) is 5.75 Å². The molecule has 0 aromatic heterocycles. The smallest absolute Gasteiger partial charge is 0.118 e. The molecule has 0 spiro atoms. The first-order valence-corrected chi connectivity index (χ1v) is 8.87. The van der Waals surface area contributed by atoms with Gasteiger partial charge in [0.15, 0.2) is 0 Å². The highest BCUT2D eigenvalue weighted by molar-refractivity contribution is 5.38. The Balaban J connectivity index is 1.82. The highest BCUT2D eigenvalue weighted by Gasteiger charge is 2.31. The molecule has 2 aromatic rings. The second-order valence-electron chi connectivity index (χ2n) is 7.14. The van der Waals surface area contributed by atoms with Crippen LogP contribution in [0.3, 0.4) is 0 Å². The van der Waals surface area contributed by atoms with E-state index in [1.54, 1.807) is 7.11 Å². The predicted octanol–water partition coefficient (Wildman–Crippen LogP) is 3.12. The van der Waals surface area contributed by atoms with Crippen molar-refractivity contribution >= 4 is 0 Å². The van der Waals surface area contributed by atoms with Crippen LogP contribution in [0.25, 0.3) is 0 Å². The summed E-state index contributed by atoms with van der Waals surface area (Å²) in [7, 11) is 5.98. The van der Waals surface area contributed by atoms with Gasteiger partial charge in [-0.3, -0.25) is 4.90 Å². The maximum absolute atomic E-state index is 6.15. The number of ether oxygens (including phenoxy) is 1. The average molecular weight is 339 g/mol. The first-order chi connectivity index (χ1) is 12.0. The van der Waals surface area contributed by atoms with Gasteiger partial charge < -0.3 is 15.4 Å². The third-order valence-corrected chi connectivity index (χ3v) is 5.23. The molecule has 0 fully saturated rings. The van der Waals surface area contributed by atoms with Crippen LogP contribution in [-0.2, 0) is 6.54 Å². The molecule has 25 heavy (non-hydrogen) atoms. The summed E-state index contributed by atoms with van der Waals surface area (Å²) in [6.07, 6.45) is 0. The second kappa shape index (κ2) is 7.56. The van der Waals surface area contributed by atoms with Gasteiger partial charge in [0.25, 0.3) is 0 Å². The van der Waals surface area contributed by atoms with Gasteiger partial charge in [-0.05, 0) is 49.8 Å². The van der Waals surface area contributed by atoms with E-state index in [-0.39, 0.29) is 0 Å². The van der Waals surface area contributed by atoms with Crippen LogP contribution >= 0.6 is 0 Å². The lowest BCUT2D eigenvalue weighted by Crippen LogP contribution is -2.36. The molecule has 0 amide bonds. The number of aryl methyl sites for hydroxylation is 1. The normalized spacial score (nSPS) is 18.4. The number of nitrogens with two attached hydrogens (primary N) is 1. The summed E-state index contributed by atoms with van der Waals surface area (Å²) in [5.41, 5.74) is 11.6. The Labute approximate surface area is 151 Å². The van der Waals surface area contributed by atoms with Crippen molar-refractivity contribution in [1.29, 1.82) is 0 Å². The zero-order valence-electron chi connectivity index (χ0n) is 15.7. The molecular weight excluding hydrogens is 310 g/mol. The number of rotatable bonds is 6. The Morgan fingerprint density at radius 1 is 1.20 bits per heavy atom. The second-order valence-corrected chi connectivity index (χ2v) is 7.14. The number of likely N-dealkylation sites (N-methyl/N-ethyl adjacent to an activating group) is 1. The van der Waals surface area contributed by atoms with Crippen LogP contribution in [0.15, 0.2) is 42.5 Å². The molecule has 0 aliphatic carbocycles. The van der Waals surface area contributed by atoms with Crippen LogP contribution in [0.4, 0.5) is 0 Å². The van der Waals surface area contributed by atoms with Crippen molar-refractivity contribution in [3.8, 4) is 5.75 Å². The van der Waals surface area contributed by atoms with Crippen molar-refractivity contribution < 1.29 is 4.74 Å². The fourth-order valence-electron chi connectivity index (χ4n) is 3.78. The SMILES string of the molecule is COc1ccc(C(CN2Cc3ccc(C)cc3C2CN)N(C)C)cc1. The molecule has 1 aliphatic rings. The van der Waals surface area contributed by atoms with Gasteiger partial charge >= 0.3 is 0 Å². The largest absolute Gasteiger partial charge is 0.497 e. The number of nitrogens with zero attached hydrogens (tertiary/aromatic N) is 2. The van der Waals surface area contributed by atoms with Crippen molar-refractivity contribution in [2.45, 2.75) is 25.6 Å². The van der Waals surface area contributed by atoms with E-state index in [1.807, 2.05) is 12.1 Å². The summed E-state index contributed by atoms with van der Waals surface area (Å²) in [6, 6.07) is 15.8.